The van der Waals surface area contributed by atoms with Gasteiger partial charge in [0.2, 0.25) is 0 Å². The predicted molar refractivity (Wildman–Crippen MR) is 60.4 cm³/mol. The first kappa shape index (κ1) is 11.9. The Balaban J connectivity index is 1.78. The Kier molecular flexibility index (Phi) is 3.31. The predicted octanol–water partition coefficient (Wildman–Crippen LogP) is 2.85. The third-order valence-electron chi connectivity index (χ3n) is 3.18. The number of carbonyl (C=O) groups is 1. The molecule has 3 nitrogen and oxygen atoms in total. The number of aliphatic carboxylic acids is 1. The molecule has 0 bridgehead atoms. The molecule has 1 aliphatic rings. The Morgan fingerprint density at radius 2 is 2.24 bits per heavy atom. The van der Waals surface area contributed by atoms with E-state index in [9.17, 15) is 9.18 Å². The van der Waals surface area contributed by atoms with E-state index in [4.69, 9.17) is 9.84 Å². The summed E-state index contributed by atoms with van der Waals surface area (Å²) in [6.07, 6.45) is 2.83. The molecule has 1 saturated carbocycles. The molecule has 1 aromatic rings. The zero-order chi connectivity index (χ0) is 12.3. The van der Waals surface area contributed by atoms with Crippen molar-refractivity contribution in [1.29, 1.82) is 0 Å². The third-order valence-corrected chi connectivity index (χ3v) is 3.18. The fraction of sp³-hybridized carbons (Fsp3) is 0.462. The zero-order valence-corrected chi connectivity index (χ0v) is 9.49. The zero-order valence-electron chi connectivity index (χ0n) is 9.49. The van der Waals surface area contributed by atoms with Crippen molar-refractivity contribution in [2.24, 2.45) is 5.41 Å². The maximum atomic E-state index is 12.9. The van der Waals surface area contributed by atoms with Crippen LogP contribution in [0, 0.1) is 11.2 Å². The van der Waals surface area contributed by atoms with Crippen molar-refractivity contribution in [1.82, 2.24) is 0 Å². The van der Waals surface area contributed by atoms with Gasteiger partial charge in [-0.2, -0.15) is 0 Å². The molecule has 92 valence electrons. The quantitative estimate of drug-likeness (QED) is 0.828. The Morgan fingerprint density at radius 1 is 1.47 bits per heavy atom. The highest BCUT2D eigenvalue weighted by atomic mass is 19.1. The maximum absolute atomic E-state index is 12.9. The summed E-state index contributed by atoms with van der Waals surface area (Å²) in [5, 5.41) is 8.75. The van der Waals surface area contributed by atoms with Crippen LogP contribution in [-0.2, 0) is 4.79 Å². The number of rotatable bonds is 6. The van der Waals surface area contributed by atoms with Crippen LogP contribution >= 0.6 is 0 Å². The normalized spacial score (nSPS) is 16.5. The van der Waals surface area contributed by atoms with E-state index in [1.807, 2.05) is 0 Å². The Bertz CT molecular complexity index is 413. The summed E-state index contributed by atoms with van der Waals surface area (Å²) in [5.74, 6) is -0.585. The van der Waals surface area contributed by atoms with Gasteiger partial charge in [-0.05, 0) is 36.8 Å². The molecular formula is C13H15FO3. The standard InChI is InChI=1S/C13H15FO3/c14-10-2-1-3-11(8-10)17-7-6-13(4-5-13)9-12(15)16/h1-3,8H,4-7,9H2,(H,15,16). The lowest BCUT2D eigenvalue weighted by atomic mass is 9.99. The van der Waals surface area contributed by atoms with Crippen molar-refractivity contribution in [3.8, 4) is 5.75 Å². The van der Waals surface area contributed by atoms with Crippen LogP contribution in [0.25, 0.3) is 0 Å². The van der Waals surface area contributed by atoms with Crippen molar-refractivity contribution >= 4 is 5.97 Å². The summed E-state index contributed by atoms with van der Waals surface area (Å²) in [6.45, 7) is 0.441. The molecule has 0 spiro atoms. The summed E-state index contributed by atoms with van der Waals surface area (Å²) < 4.78 is 18.3. The van der Waals surface area contributed by atoms with E-state index in [-0.39, 0.29) is 17.7 Å². The van der Waals surface area contributed by atoms with E-state index >= 15 is 0 Å². The molecule has 1 N–H and O–H groups in total. The molecule has 0 aromatic heterocycles. The monoisotopic (exact) mass is 238 g/mol. The van der Waals surface area contributed by atoms with Gasteiger partial charge in [0.05, 0.1) is 13.0 Å². The molecule has 17 heavy (non-hydrogen) atoms. The van der Waals surface area contributed by atoms with Gasteiger partial charge in [-0.15, -0.1) is 0 Å². The summed E-state index contributed by atoms with van der Waals surface area (Å²) >= 11 is 0. The number of benzene rings is 1. The second kappa shape index (κ2) is 4.73. The first-order chi connectivity index (χ1) is 8.10. The fourth-order valence-corrected chi connectivity index (χ4v) is 1.95. The van der Waals surface area contributed by atoms with Crippen molar-refractivity contribution in [2.75, 3.05) is 6.61 Å². The summed E-state index contributed by atoms with van der Waals surface area (Å²) in [6, 6.07) is 5.98. The van der Waals surface area contributed by atoms with E-state index in [1.54, 1.807) is 12.1 Å². The highest BCUT2D eigenvalue weighted by molar-refractivity contribution is 5.68. The number of carboxylic acids is 1. The molecule has 4 heteroatoms. The SMILES string of the molecule is O=C(O)CC1(CCOc2cccc(F)c2)CC1. The molecule has 0 amide bonds. The lowest BCUT2D eigenvalue weighted by Gasteiger charge is -2.13. The van der Waals surface area contributed by atoms with Gasteiger partial charge in [0, 0.05) is 6.07 Å². The van der Waals surface area contributed by atoms with Gasteiger partial charge in [0.25, 0.3) is 0 Å². The Labute approximate surface area is 99.2 Å². The lowest BCUT2D eigenvalue weighted by Crippen LogP contribution is -2.12. The van der Waals surface area contributed by atoms with E-state index < -0.39 is 5.97 Å². The van der Waals surface area contributed by atoms with Crippen LogP contribution in [0.1, 0.15) is 25.7 Å². The number of halogens is 1. The molecule has 0 heterocycles. The molecule has 1 aliphatic carbocycles. The van der Waals surface area contributed by atoms with Crippen molar-refractivity contribution in [3.63, 3.8) is 0 Å². The van der Waals surface area contributed by atoms with Crippen molar-refractivity contribution in [2.45, 2.75) is 25.7 Å². The van der Waals surface area contributed by atoms with Crippen LogP contribution < -0.4 is 4.74 Å². The third kappa shape index (κ3) is 3.44. The van der Waals surface area contributed by atoms with Crippen LogP contribution in [0.5, 0.6) is 5.75 Å². The molecule has 0 radical (unpaired) electrons. The summed E-state index contributed by atoms with van der Waals surface area (Å²) in [7, 11) is 0. The molecule has 0 saturated heterocycles. The van der Waals surface area contributed by atoms with Gasteiger partial charge >= 0.3 is 5.97 Å². The minimum atomic E-state index is -0.756. The summed E-state index contributed by atoms with van der Waals surface area (Å²) in [5.41, 5.74) is -0.0703. The first-order valence-electron chi connectivity index (χ1n) is 5.70. The average molecular weight is 238 g/mol. The second-order valence-electron chi connectivity index (χ2n) is 4.63. The van der Waals surface area contributed by atoms with Crippen molar-refractivity contribution in [3.05, 3.63) is 30.1 Å². The van der Waals surface area contributed by atoms with E-state index in [1.165, 1.54) is 12.1 Å². The number of ether oxygens (including phenoxy) is 1. The highest BCUT2D eigenvalue weighted by Gasteiger charge is 2.43. The van der Waals surface area contributed by atoms with Gasteiger partial charge in [-0.1, -0.05) is 6.07 Å². The van der Waals surface area contributed by atoms with Crippen LogP contribution in [0.15, 0.2) is 24.3 Å². The number of carboxylic acid groups (broad SMARTS) is 1. The molecular weight excluding hydrogens is 223 g/mol. The van der Waals surface area contributed by atoms with Crippen LogP contribution in [-0.4, -0.2) is 17.7 Å². The van der Waals surface area contributed by atoms with Crippen molar-refractivity contribution < 1.29 is 19.0 Å². The first-order valence-corrected chi connectivity index (χ1v) is 5.70. The van der Waals surface area contributed by atoms with E-state index in [0.717, 1.165) is 19.3 Å². The van der Waals surface area contributed by atoms with Gasteiger partial charge < -0.3 is 9.84 Å². The molecule has 2 rings (SSSR count). The fourth-order valence-electron chi connectivity index (χ4n) is 1.95. The molecule has 0 atom stereocenters. The second-order valence-corrected chi connectivity index (χ2v) is 4.63. The minimum absolute atomic E-state index is 0.0703. The van der Waals surface area contributed by atoms with Gasteiger partial charge in [-0.3, -0.25) is 4.79 Å². The average Bonchev–Trinajstić information content (AvgIpc) is 2.97. The summed E-state index contributed by atoms with van der Waals surface area (Å²) in [4.78, 5) is 10.6. The van der Waals surface area contributed by atoms with Crippen LogP contribution in [0.4, 0.5) is 4.39 Å². The van der Waals surface area contributed by atoms with Crippen LogP contribution in [0.3, 0.4) is 0 Å². The Morgan fingerprint density at radius 3 is 2.82 bits per heavy atom. The number of hydrogen-bond acceptors (Lipinski definition) is 2. The molecule has 1 aromatic carbocycles. The molecule has 0 aliphatic heterocycles. The largest absolute Gasteiger partial charge is 0.493 e. The van der Waals surface area contributed by atoms with E-state index in [0.29, 0.717) is 12.4 Å². The molecule has 1 fully saturated rings. The van der Waals surface area contributed by atoms with Gasteiger partial charge in [0.15, 0.2) is 0 Å². The van der Waals surface area contributed by atoms with Crippen LogP contribution in [0.2, 0.25) is 0 Å². The maximum Gasteiger partial charge on any atom is 0.303 e. The molecule has 0 unspecified atom stereocenters. The number of hydrogen-bond donors (Lipinski definition) is 1. The smallest absolute Gasteiger partial charge is 0.303 e. The van der Waals surface area contributed by atoms with Gasteiger partial charge in [-0.25, -0.2) is 4.39 Å². The van der Waals surface area contributed by atoms with E-state index in [2.05, 4.69) is 0 Å². The Hall–Kier alpha value is -1.58. The topological polar surface area (TPSA) is 46.5 Å². The lowest BCUT2D eigenvalue weighted by molar-refractivity contribution is -0.138. The van der Waals surface area contributed by atoms with Gasteiger partial charge in [0.1, 0.15) is 11.6 Å². The highest BCUT2D eigenvalue weighted by Crippen LogP contribution is 2.51. The minimum Gasteiger partial charge on any atom is -0.493 e.